The second-order valence-electron chi connectivity index (χ2n) is 6.53. The zero-order valence-electron chi connectivity index (χ0n) is 16.2. The molecule has 0 aliphatic heterocycles. The largest absolute Gasteiger partial charge is 0.486 e. The maximum atomic E-state index is 13.1. The third-order valence-corrected chi connectivity index (χ3v) is 5.59. The van der Waals surface area contributed by atoms with Gasteiger partial charge in [-0.1, -0.05) is 23.4 Å². The first-order valence-electron chi connectivity index (χ1n) is 9.33. The number of ketones is 1. The number of halogens is 2. The van der Waals surface area contributed by atoms with Gasteiger partial charge in [0.25, 0.3) is 0 Å². The fourth-order valence-electron chi connectivity index (χ4n) is 2.78. The topological polar surface area (TPSA) is 70.2 Å². The summed E-state index contributed by atoms with van der Waals surface area (Å²) in [6.45, 7) is 0.578. The van der Waals surface area contributed by atoms with Crippen molar-refractivity contribution in [2.24, 2.45) is 0 Å². The molecule has 0 atom stereocenters. The predicted molar refractivity (Wildman–Crippen MR) is 115 cm³/mol. The molecular formula is C22H17ClFN3O3S. The van der Waals surface area contributed by atoms with Crippen LogP contribution in [0.25, 0.3) is 0 Å². The summed E-state index contributed by atoms with van der Waals surface area (Å²) in [6.07, 6.45) is 1.59. The van der Waals surface area contributed by atoms with Crippen LogP contribution in [0.5, 0.6) is 5.75 Å². The van der Waals surface area contributed by atoms with Gasteiger partial charge in [-0.15, -0.1) is 10.2 Å². The first-order chi connectivity index (χ1) is 15.1. The molecule has 4 rings (SSSR count). The summed E-state index contributed by atoms with van der Waals surface area (Å²) in [5.74, 6) is 1.59. The predicted octanol–water partition coefficient (Wildman–Crippen LogP) is 5.27. The zero-order valence-corrected chi connectivity index (χ0v) is 17.8. The summed E-state index contributed by atoms with van der Waals surface area (Å²) >= 11 is 7.16. The minimum atomic E-state index is -0.382. The molecule has 0 bridgehead atoms. The van der Waals surface area contributed by atoms with Gasteiger partial charge in [0.2, 0.25) is 0 Å². The Morgan fingerprint density at radius 3 is 2.58 bits per heavy atom. The molecule has 0 spiro atoms. The lowest BCUT2D eigenvalue weighted by Crippen LogP contribution is -2.10. The van der Waals surface area contributed by atoms with E-state index < -0.39 is 0 Å². The van der Waals surface area contributed by atoms with E-state index in [1.54, 1.807) is 36.6 Å². The zero-order chi connectivity index (χ0) is 21.6. The number of rotatable bonds is 9. The van der Waals surface area contributed by atoms with Crippen molar-refractivity contribution in [2.45, 2.75) is 18.3 Å². The van der Waals surface area contributed by atoms with Crippen molar-refractivity contribution in [3.05, 3.63) is 94.9 Å². The molecule has 0 radical (unpaired) electrons. The standard InChI is InChI=1S/C22H17ClFN3O3S/c23-16-5-9-18(10-6-16)30-13-21-25-26-22(27(21)12-19-2-1-11-29-19)31-14-20(28)15-3-7-17(24)8-4-15/h1-11H,12-14H2. The summed E-state index contributed by atoms with van der Waals surface area (Å²) in [4.78, 5) is 12.4. The number of carbonyl (C=O) groups excluding carboxylic acids is 1. The van der Waals surface area contributed by atoms with Gasteiger partial charge in [0.05, 0.1) is 18.6 Å². The minimum absolute atomic E-state index is 0.128. The molecule has 0 aliphatic carbocycles. The Bertz CT molecular complexity index is 1150. The molecule has 0 fully saturated rings. The van der Waals surface area contributed by atoms with Crippen LogP contribution in [-0.2, 0) is 13.2 Å². The van der Waals surface area contributed by atoms with Crippen molar-refractivity contribution >= 4 is 29.1 Å². The first-order valence-corrected chi connectivity index (χ1v) is 10.7. The van der Waals surface area contributed by atoms with E-state index in [4.69, 9.17) is 20.8 Å². The van der Waals surface area contributed by atoms with Gasteiger partial charge >= 0.3 is 0 Å². The van der Waals surface area contributed by atoms with Crippen LogP contribution in [0, 0.1) is 5.82 Å². The number of furan rings is 1. The van der Waals surface area contributed by atoms with Crippen LogP contribution in [0.2, 0.25) is 5.02 Å². The SMILES string of the molecule is O=C(CSc1nnc(COc2ccc(Cl)cc2)n1Cc1ccco1)c1ccc(F)cc1. The van der Waals surface area contributed by atoms with E-state index in [1.807, 2.05) is 10.6 Å². The number of ether oxygens (including phenoxy) is 1. The van der Waals surface area contributed by atoms with E-state index in [9.17, 15) is 9.18 Å². The van der Waals surface area contributed by atoms with Gasteiger partial charge in [0, 0.05) is 10.6 Å². The molecule has 0 N–H and O–H groups in total. The van der Waals surface area contributed by atoms with E-state index in [-0.39, 0.29) is 24.0 Å². The summed E-state index contributed by atoms with van der Waals surface area (Å²) < 4.78 is 26.2. The fourth-order valence-corrected chi connectivity index (χ4v) is 3.75. The summed E-state index contributed by atoms with van der Waals surface area (Å²) in [7, 11) is 0. The normalized spacial score (nSPS) is 10.9. The third-order valence-electron chi connectivity index (χ3n) is 4.37. The van der Waals surface area contributed by atoms with Crippen LogP contribution < -0.4 is 4.74 Å². The van der Waals surface area contributed by atoms with E-state index in [1.165, 1.54) is 36.0 Å². The lowest BCUT2D eigenvalue weighted by molar-refractivity contribution is 0.102. The summed E-state index contributed by atoms with van der Waals surface area (Å²) in [6, 6.07) is 16.1. The Balaban J connectivity index is 1.48. The molecule has 31 heavy (non-hydrogen) atoms. The van der Waals surface area contributed by atoms with Crippen molar-refractivity contribution in [3.8, 4) is 5.75 Å². The molecular weight excluding hydrogens is 441 g/mol. The van der Waals surface area contributed by atoms with Crippen LogP contribution >= 0.6 is 23.4 Å². The number of benzene rings is 2. The first kappa shape index (κ1) is 21.1. The van der Waals surface area contributed by atoms with Gasteiger partial charge in [-0.05, 0) is 60.7 Å². The van der Waals surface area contributed by atoms with Crippen molar-refractivity contribution < 1.29 is 18.3 Å². The van der Waals surface area contributed by atoms with Gasteiger partial charge in [0.15, 0.2) is 16.8 Å². The van der Waals surface area contributed by atoms with Crippen LogP contribution in [0.4, 0.5) is 4.39 Å². The molecule has 0 saturated heterocycles. The van der Waals surface area contributed by atoms with Gasteiger partial charge in [-0.25, -0.2) is 4.39 Å². The van der Waals surface area contributed by atoms with E-state index >= 15 is 0 Å². The van der Waals surface area contributed by atoms with E-state index in [0.29, 0.717) is 33.9 Å². The molecule has 0 amide bonds. The van der Waals surface area contributed by atoms with Gasteiger partial charge in [-0.3, -0.25) is 9.36 Å². The number of Topliss-reactive ketones (excluding diaryl/α,β-unsaturated/α-hetero) is 1. The number of aromatic nitrogens is 3. The second kappa shape index (κ2) is 9.80. The number of hydrogen-bond donors (Lipinski definition) is 0. The average molecular weight is 458 g/mol. The van der Waals surface area contributed by atoms with Crippen molar-refractivity contribution in [1.29, 1.82) is 0 Å². The van der Waals surface area contributed by atoms with E-state index in [0.717, 1.165) is 5.76 Å². The number of nitrogens with zero attached hydrogens (tertiary/aromatic N) is 3. The maximum Gasteiger partial charge on any atom is 0.192 e. The Labute approximate surface area is 187 Å². The van der Waals surface area contributed by atoms with Crippen LogP contribution in [0.1, 0.15) is 21.9 Å². The highest BCUT2D eigenvalue weighted by Gasteiger charge is 2.17. The monoisotopic (exact) mass is 457 g/mol. The molecule has 9 heteroatoms. The summed E-state index contributed by atoms with van der Waals surface area (Å²) in [5.41, 5.74) is 0.442. The van der Waals surface area contributed by atoms with E-state index in [2.05, 4.69) is 10.2 Å². The van der Waals surface area contributed by atoms with Crippen LogP contribution in [0.3, 0.4) is 0 Å². The molecule has 2 heterocycles. The number of thioether (sulfide) groups is 1. The second-order valence-corrected chi connectivity index (χ2v) is 7.90. The molecule has 0 saturated carbocycles. The van der Waals surface area contributed by atoms with Gasteiger partial charge in [-0.2, -0.15) is 0 Å². The highest BCUT2D eigenvalue weighted by atomic mass is 35.5. The van der Waals surface area contributed by atoms with Crippen molar-refractivity contribution in [3.63, 3.8) is 0 Å². The fraction of sp³-hybridized carbons (Fsp3) is 0.136. The third kappa shape index (κ3) is 5.53. The Morgan fingerprint density at radius 1 is 1.10 bits per heavy atom. The lowest BCUT2D eigenvalue weighted by atomic mass is 10.1. The smallest absolute Gasteiger partial charge is 0.192 e. The molecule has 0 unspecified atom stereocenters. The molecule has 158 valence electrons. The van der Waals surface area contributed by atoms with Crippen LogP contribution in [-0.4, -0.2) is 26.3 Å². The molecule has 2 aromatic heterocycles. The Kier molecular flexibility index (Phi) is 6.69. The van der Waals surface area contributed by atoms with Crippen molar-refractivity contribution in [1.82, 2.24) is 14.8 Å². The lowest BCUT2D eigenvalue weighted by Gasteiger charge is -2.10. The minimum Gasteiger partial charge on any atom is -0.486 e. The van der Waals surface area contributed by atoms with Gasteiger partial charge in [0.1, 0.15) is 23.9 Å². The summed E-state index contributed by atoms with van der Waals surface area (Å²) in [5, 5.41) is 9.63. The van der Waals surface area contributed by atoms with Crippen molar-refractivity contribution in [2.75, 3.05) is 5.75 Å². The molecule has 2 aromatic carbocycles. The number of carbonyl (C=O) groups is 1. The molecule has 6 nitrogen and oxygen atoms in total. The Hall–Kier alpha value is -3.10. The maximum absolute atomic E-state index is 13.1. The highest BCUT2D eigenvalue weighted by molar-refractivity contribution is 7.99. The molecule has 4 aromatic rings. The quantitative estimate of drug-likeness (QED) is 0.252. The molecule has 0 aliphatic rings. The van der Waals surface area contributed by atoms with Gasteiger partial charge < -0.3 is 9.15 Å². The average Bonchev–Trinajstić information content (AvgIpc) is 3.43. The van der Waals surface area contributed by atoms with Crippen LogP contribution in [0.15, 0.2) is 76.5 Å². The number of hydrogen-bond acceptors (Lipinski definition) is 6. The Morgan fingerprint density at radius 2 is 1.87 bits per heavy atom. The highest BCUT2D eigenvalue weighted by Crippen LogP contribution is 2.22.